The van der Waals surface area contributed by atoms with Crippen LogP contribution in [-0.2, 0) is 0 Å². The van der Waals surface area contributed by atoms with Gasteiger partial charge in [-0.25, -0.2) is 0 Å². The molecule has 0 aromatic heterocycles. The van der Waals surface area contributed by atoms with E-state index in [1.165, 1.54) is 0 Å². The molecule has 0 aliphatic carbocycles. The van der Waals surface area contributed by atoms with E-state index < -0.39 is 0 Å². The van der Waals surface area contributed by atoms with Crippen LogP contribution in [0, 0.1) is 0 Å². The second kappa shape index (κ2) is 4.88. The molecule has 4 heteroatoms. The lowest BCUT2D eigenvalue weighted by molar-refractivity contribution is 0.105. The van der Waals surface area contributed by atoms with Gasteiger partial charge < -0.3 is 15.7 Å². The highest BCUT2D eigenvalue weighted by molar-refractivity contribution is 5.99. The van der Waals surface area contributed by atoms with E-state index >= 15 is 0 Å². The molecule has 3 N–H and O–H groups in total. The van der Waals surface area contributed by atoms with Crippen molar-refractivity contribution in [2.45, 2.75) is 32.8 Å². The van der Waals surface area contributed by atoms with Crippen molar-refractivity contribution < 1.29 is 9.94 Å². The number of nitrogens with two attached hydrogens (primary N) is 1. The van der Waals surface area contributed by atoms with Gasteiger partial charge in [-0.05, 0) is 32.4 Å². The molecule has 0 unspecified atom stereocenters. The Balaban J connectivity index is 3.05. The van der Waals surface area contributed by atoms with Crippen LogP contribution < -0.4 is 10.5 Å². The summed E-state index contributed by atoms with van der Waals surface area (Å²) in [4.78, 5) is 0. The summed E-state index contributed by atoms with van der Waals surface area (Å²) < 4.78 is 5.83. The van der Waals surface area contributed by atoms with Crippen molar-refractivity contribution in [2.24, 2.45) is 10.9 Å². The van der Waals surface area contributed by atoms with Gasteiger partial charge in [0.1, 0.15) is 11.4 Å². The van der Waals surface area contributed by atoms with Crippen LogP contribution in [0.3, 0.4) is 0 Å². The van der Waals surface area contributed by atoms with Crippen LogP contribution in [0.15, 0.2) is 29.4 Å². The van der Waals surface area contributed by atoms with E-state index in [0.717, 1.165) is 6.42 Å². The number of oxime groups is 1. The molecule has 88 valence electrons. The molecule has 4 nitrogen and oxygen atoms in total. The van der Waals surface area contributed by atoms with Gasteiger partial charge in [0.15, 0.2) is 5.84 Å². The molecule has 0 saturated carbocycles. The zero-order valence-corrected chi connectivity index (χ0v) is 9.90. The number of benzene rings is 1. The van der Waals surface area contributed by atoms with Gasteiger partial charge in [0.05, 0.1) is 5.56 Å². The van der Waals surface area contributed by atoms with Crippen LogP contribution in [0.4, 0.5) is 0 Å². The maximum atomic E-state index is 8.68. The van der Waals surface area contributed by atoms with E-state index in [1.807, 2.05) is 39.0 Å². The zero-order valence-electron chi connectivity index (χ0n) is 9.90. The molecule has 0 aliphatic heterocycles. The lowest BCUT2D eigenvalue weighted by atomic mass is 10.1. The third-order valence-corrected chi connectivity index (χ3v) is 2.51. The highest BCUT2D eigenvalue weighted by Gasteiger charge is 2.19. The largest absolute Gasteiger partial charge is 0.487 e. The fourth-order valence-electron chi connectivity index (χ4n) is 1.19. The van der Waals surface area contributed by atoms with E-state index in [2.05, 4.69) is 5.16 Å². The molecule has 0 spiro atoms. The minimum atomic E-state index is -0.272. The Morgan fingerprint density at radius 2 is 2.06 bits per heavy atom. The second-order valence-electron chi connectivity index (χ2n) is 4.20. The molecular weight excluding hydrogens is 204 g/mol. The summed E-state index contributed by atoms with van der Waals surface area (Å²) in [5.74, 6) is 0.687. The fraction of sp³-hybridized carbons (Fsp3) is 0.417. The first-order chi connectivity index (χ1) is 7.50. The molecule has 0 aliphatic rings. The second-order valence-corrected chi connectivity index (χ2v) is 4.20. The number of amidine groups is 1. The van der Waals surface area contributed by atoms with Gasteiger partial charge in [-0.2, -0.15) is 0 Å². The van der Waals surface area contributed by atoms with Crippen molar-refractivity contribution >= 4 is 5.84 Å². The standard InChI is InChI=1S/C12H18N2O2/c1-4-12(2,3)16-10-8-6-5-7-9(10)11(13)14-15/h5-8,15H,4H2,1-3H3,(H2,13,14). The van der Waals surface area contributed by atoms with Gasteiger partial charge in [0.25, 0.3) is 0 Å². The molecular formula is C12H18N2O2. The lowest BCUT2D eigenvalue weighted by Crippen LogP contribution is -2.28. The summed E-state index contributed by atoms with van der Waals surface area (Å²) in [6.07, 6.45) is 0.873. The van der Waals surface area contributed by atoms with Crippen LogP contribution >= 0.6 is 0 Å². The Bertz CT molecular complexity index is 386. The molecule has 1 rings (SSSR count). The first-order valence-electron chi connectivity index (χ1n) is 5.26. The average molecular weight is 222 g/mol. The van der Waals surface area contributed by atoms with Gasteiger partial charge in [-0.15, -0.1) is 0 Å². The number of nitrogens with zero attached hydrogens (tertiary/aromatic N) is 1. The Kier molecular flexibility index (Phi) is 3.77. The molecule has 0 heterocycles. The topological polar surface area (TPSA) is 67.8 Å². The lowest BCUT2D eigenvalue weighted by Gasteiger charge is -2.26. The highest BCUT2D eigenvalue weighted by Crippen LogP contribution is 2.24. The van der Waals surface area contributed by atoms with E-state index in [-0.39, 0.29) is 11.4 Å². The maximum Gasteiger partial charge on any atom is 0.173 e. The number of ether oxygens (including phenoxy) is 1. The average Bonchev–Trinajstić information content (AvgIpc) is 2.28. The Morgan fingerprint density at radius 3 is 2.62 bits per heavy atom. The quantitative estimate of drug-likeness (QED) is 0.355. The molecule has 0 saturated heterocycles. The van der Waals surface area contributed by atoms with E-state index in [9.17, 15) is 0 Å². The van der Waals surface area contributed by atoms with Gasteiger partial charge in [0, 0.05) is 0 Å². The Morgan fingerprint density at radius 1 is 1.44 bits per heavy atom. The van der Waals surface area contributed by atoms with Crippen molar-refractivity contribution in [1.82, 2.24) is 0 Å². The minimum Gasteiger partial charge on any atom is -0.487 e. The molecule has 16 heavy (non-hydrogen) atoms. The van der Waals surface area contributed by atoms with Crippen LogP contribution in [0.25, 0.3) is 0 Å². The maximum absolute atomic E-state index is 8.68. The van der Waals surface area contributed by atoms with Gasteiger partial charge in [-0.1, -0.05) is 24.2 Å². The summed E-state index contributed by atoms with van der Waals surface area (Å²) >= 11 is 0. The Hall–Kier alpha value is -1.71. The summed E-state index contributed by atoms with van der Waals surface area (Å²) in [6.45, 7) is 6.04. The van der Waals surface area contributed by atoms with Gasteiger partial charge in [-0.3, -0.25) is 0 Å². The van der Waals surface area contributed by atoms with Crippen molar-refractivity contribution in [3.05, 3.63) is 29.8 Å². The highest BCUT2D eigenvalue weighted by atomic mass is 16.5. The minimum absolute atomic E-state index is 0.0579. The van der Waals surface area contributed by atoms with Crippen molar-refractivity contribution in [3.63, 3.8) is 0 Å². The van der Waals surface area contributed by atoms with E-state index in [0.29, 0.717) is 11.3 Å². The fourth-order valence-corrected chi connectivity index (χ4v) is 1.19. The van der Waals surface area contributed by atoms with E-state index in [4.69, 9.17) is 15.7 Å². The van der Waals surface area contributed by atoms with Crippen molar-refractivity contribution in [3.8, 4) is 5.75 Å². The predicted octanol–water partition coefficient (Wildman–Crippen LogP) is 2.35. The molecule has 0 atom stereocenters. The van der Waals surface area contributed by atoms with E-state index in [1.54, 1.807) is 6.07 Å². The number of hydrogen-bond donors (Lipinski definition) is 2. The normalized spacial score (nSPS) is 12.6. The molecule has 1 aromatic rings. The molecule has 1 aromatic carbocycles. The summed E-state index contributed by atoms with van der Waals surface area (Å²) in [6, 6.07) is 7.25. The SMILES string of the molecule is CCC(C)(C)Oc1ccccc1/C(N)=N/O. The van der Waals surface area contributed by atoms with Crippen LogP contribution in [0.1, 0.15) is 32.8 Å². The summed E-state index contributed by atoms with van der Waals surface area (Å²) in [7, 11) is 0. The molecule has 0 amide bonds. The number of rotatable bonds is 4. The van der Waals surface area contributed by atoms with Crippen LogP contribution in [0.2, 0.25) is 0 Å². The molecule has 0 radical (unpaired) electrons. The third kappa shape index (κ3) is 2.89. The smallest absolute Gasteiger partial charge is 0.173 e. The number of para-hydroxylation sites is 1. The predicted molar refractivity (Wildman–Crippen MR) is 64.0 cm³/mol. The summed E-state index contributed by atoms with van der Waals surface area (Å²) in [5.41, 5.74) is 5.91. The van der Waals surface area contributed by atoms with Gasteiger partial charge >= 0.3 is 0 Å². The Labute approximate surface area is 95.7 Å². The van der Waals surface area contributed by atoms with Crippen LogP contribution in [-0.4, -0.2) is 16.6 Å². The molecule has 0 fully saturated rings. The van der Waals surface area contributed by atoms with Crippen LogP contribution in [0.5, 0.6) is 5.75 Å². The van der Waals surface area contributed by atoms with Crippen molar-refractivity contribution in [2.75, 3.05) is 0 Å². The zero-order chi connectivity index (χ0) is 12.2. The monoisotopic (exact) mass is 222 g/mol. The van der Waals surface area contributed by atoms with Gasteiger partial charge in [0.2, 0.25) is 0 Å². The first kappa shape index (κ1) is 12.4. The number of hydrogen-bond acceptors (Lipinski definition) is 3. The third-order valence-electron chi connectivity index (χ3n) is 2.51. The van der Waals surface area contributed by atoms with Crippen molar-refractivity contribution in [1.29, 1.82) is 0 Å². The molecule has 0 bridgehead atoms. The first-order valence-corrected chi connectivity index (χ1v) is 5.26. The summed E-state index contributed by atoms with van der Waals surface area (Å²) in [5, 5.41) is 11.7.